The number of hydrogen-bond donors (Lipinski definition) is 0. The van der Waals surface area contributed by atoms with E-state index in [4.69, 9.17) is 9.47 Å². The quantitative estimate of drug-likeness (QED) is 0.383. The molecule has 0 aliphatic heterocycles. The lowest BCUT2D eigenvalue weighted by molar-refractivity contribution is -0.145. The second-order valence-electron chi connectivity index (χ2n) is 7.64. The standard InChI is InChI=1S/C24H24N4O5/c1-26-22-21(23(30)27(2)24(26)31)28(16-25-22)13-12-20(29)33-15-18-8-10-19(11-9-18)32-14-17-6-4-3-5-7-17/h3-11,16H,12-15H2,1-2H3. The van der Waals surface area contributed by atoms with E-state index in [2.05, 4.69) is 4.98 Å². The van der Waals surface area contributed by atoms with Crippen LogP contribution in [0.25, 0.3) is 11.2 Å². The number of aryl methyl sites for hydroxylation is 2. The monoisotopic (exact) mass is 448 g/mol. The second-order valence-corrected chi connectivity index (χ2v) is 7.64. The van der Waals surface area contributed by atoms with Gasteiger partial charge in [0.2, 0.25) is 0 Å². The van der Waals surface area contributed by atoms with Gasteiger partial charge >= 0.3 is 11.7 Å². The second kappa shape index (κ2) is 9.56. The van der Waals surface area contributed by atoms with Crippen LogP contribution in [0.5, 0.6) is 5.75 Å². The van der Waals surface area contributed by atoms with Crippen molar-refractivity contribution in [1.82, 2.24) is 18.7 Å². The van der Waals surface area contributed by atoms with Gasteiger partial charge < -0.3 is 14.0 Å². The van der Waals surface area contributed by atoms with E-state index >= 15 is 0 Å². The molecule has 9 heteroatoms. The first-order valence-corrected chi connectivity index (χ1v) is 10.5. The molecule has 2 aromatic heterocycles. The normalized spacial score (nSPS) is 11.0. The Labute approximate surface area is 189 Å². The number of nitrogens with zero attached hydrogens (tertiary/aromatic N) is 4. The number of ether oxygens (including phenoxy) is 2. The van der Waals surface area contributed by atoms with Crippen molar-refractivity contribution in [3.8, 4) is 5.75 Å². The lowest BCUT2D eigenvalue weighted by atomic mass is 10.2. The maximum atomic E-state index is 12.5. The SMILES string of the molecule is Cn1c(=O)c2c(ncn2CCC(=O)OCc2ccc(OCc3ccccc3)cc2)n(C)c1=O. The van der Waals surface area contributed by atoms with E-state index in [1.165, 1.54) is 17.9 Å². The Morgan fingerprint density at radius 1 is 0.909 bits per heavy atom. The molecule has 0 fully saturated rings. The Hall–Kier alpha value is -4.14. The first-order chi connectivity index (χ1) is 15.9. The molecule has 0 bridgehead atoms. The highest BCUT2D eigenvalue weighted by Gasteiger charge is 2.15. The lowest BCUT2D eigenvalue weighted by Gasteiger charge is -2.09. The third-order valence-electron chi connectivity index (χ3n) is 5.35. The van der Waals surface area contributed by atoms with Gasteiger partial charge in [-0.05, 0) is 23.3 Å². The molecule has 9 nitrogen and oxygen atoms in total. The fraction of sp³-hybridized carbons (Fsp3) is 0.250. The maximum absolute atomic E-state index is 12.5. The summed E-state index contributed by atoms with van der Waals surface area (Å²) in [7, 11) is 2.96. The van der Waals surface area contributed by atoms with Crippen LogP contribution in [0.3, 0.4) is 0 Å². The number of benzene rings is 2. The van der Waals surface area contributed by atoms with Gasteiger partial charge in [0.25, 0.3) is 5.56 Å². The third-order valence-corrected chi connectivity index (χ3v) is 5.35. The Morgan fingerprint density at radius 3 is 2.33 bits per heavy atom. The molecule has 0 aliphatic rings. The zero-order valence-electron chi connectivity index (χ0n) is 18.4. The van der Waals surface area contributed by atoms with Crippen molar-refractivity contribution in [2.45, 2.75) is 26.2 Å². The van der Waals surface area contributed by atoms with E-state index in [0.717, 1.165) is 21.4 Å². The van der Waals surface area contributed by atoms with Gasteiger partial charge in [-0.2, -0.15) is 0 Å². The molecule has 0 atom stereocenters. The van der Waals surface area contributed by atoms with Crippen LogP contribution < -0.4 is 16.0 Å². The molecule has 0 saturated carbocycles. The molecule has 0 aliphatic carbocycles. The molecule has 0 unspecified atom stereocenters. The average Bonchev–Trinajstić information content (AvgIpc) is 3.28. The summed E-state index contributed by atoms with van der Waals surface area (Å²) in [6, 6.07) is 17.3. The van der Waals surface area contributed by atoms with E-state index in [0.29, 0.717) is 6.61 Å². The summed E-state index contributed by atoms with van der Waals surface area (Å²) >= 11 is 0. The van der Waals surface area contributed by atoms with Gasteiger partial charge in [-0.1, -0.05) is 42.5 Å². The van der Waals surface area contributed by atoms with Crippen molar-refractivity contribution in [3.05, 3.63) is 92.9 Å². The molecule has 0 saturated heterocycles. The van der Waals surface area contributed by atoms with Crippen molar-refractivity contribution in [2.75, 3.05) is 0 Å². The van der Waals surface area contributed by atoms with Gasteiger partial charge in [0.15, 0.2) is 11.2 Å². The van der Waals surface area contributed by atoms with Crippen LogP contribution in [0.1, 0.15) is 17.5 Å². The van der Waals surface area contributed by atoms with Crippen LogP contribution >= 0.6 is 0 Å². The zero-order chi connectivity index (χ0) is 23.4. The summed E-state index contributed by atoms with van der Waals surface area (Å²) < 4.78 is 15.0. The van der Waals surface area contributed by atoms with Crippen LogP contribution in [0.15, 0.2) is 70.5 Å². The number of carbonyl (C=O) groups excluding carboxylic acids is 1. The highest BCUT2D eigenvalue weighted by atomic mass is 16.5. The Kier molecular flexibility index (Phi) is 6.39. The molecular weight excluding hydrogens is 424 g/mol. The van der Waals surface area contributed by atoms with Gasteiger partial charge in [-0.3, -0.25) is 18.7 Å². The highest BCUT2D eigenvalue weighted by molar-refractivity contribution is 5.71. The summed E-state index contributed by atoms with van der Waals surface area (Å²) in [6.07, 6.45) is 1.52. The summed E-state index contributed by atoms with van der Waals surface area (Å²) in [5.74, 6) is 0.333. The number of imidazole rings is 1. The molecule has 0 amide bonds. The number of carbonyl (C=O) groups is 1. The molecule has 0 radical (unpaired) electrons. The van der Waals surface area contributed by atoms with Crippen LogP contribution in [-0.4, -0.2) is 24.7 Å². The number of aromatic nitrogens is 4. The molecule has 2 heterocycles. The predicted octanol–water partition coefficient (Wildman–Crippen LogP) is 2.15. The fourth-order valence-corrected chi connectivity index (χ4v) is 3.44. The molecule has 4 aromatic rings. The Morgan fingerprint density at radius 2 is 1.61 bits per heavy atom. The topological polar surface area (TPSA) is 97.3 Å². The summed E-state index contributed by atoms with van der Waals surface area (Å²) in [4.78, 5) is 40.8. The first-order valence-electron chi connectivity index (χ1n) is 10.5. The molecule has 0 N–H and O–H groups in total. The number of fused-ring (bicyclic) bond motifs is 1. The van der Waals surface area contributed by atoms with Gasteiger partial charge in [0.05, 0.1) is 12.7 Å². The number of esters is 1. The van der Waals surface area contributed by atoms with E-state index in [1.807, 2.05) is 54.6 Å². The number of rotatable bonds is 8. The lowest BCUT2D eigenvalue weighted by Crippen LogP contribution is -2.37. The third kappa shape index (κ3) is 4.87. The van der Waals surface area contributed by atoms with Gasteiger partial charge in [0, 0.05) is 20.6 Å². The van der Waals surface area contributed by atoms with Crippen LogP contribution in [0.4, 0.5) is 0 Å². The van der Waals surface area contributed by atoms with Gasteiger partial charge in [0.1, 0.15) is 19.0 Å². The smallest absolute Gasteiger partial charge is 0.332 e. The molecule has 33 heavy (non-hydrogen) atoms. The minimum Gasteiger partial charge on any atom is -0.489 e. The van der Waals surface area contributed by atoms with Gasteiger partial charge in [-0.15, -0.1) is 0 Å². The number of hydrogen-bond acceptors (Lipinski definition) is 6. The zero-order valence-corrected chi connectivity index (χ0v) is 18.4. The first kappa shape index (κ1) is 22.1. The highest BCUT2D eigenvalue weighted by Crippen LogP contribution is 2.15. The summed E-state index contributed by atoms with van der Waals surface area (Å²) in [5, 5.41) is 0. The van der Waals surface area contributed by atoms with Crippen molar-refractivity contribution in [1.29, 1.82) is 0 Å². The molecule has 170 valence electrons. The van der Waals surface area contributed by atoms with Crippen LogP contribution in [0, 0.1) is 0 Å². The fourth-order valence-electron chi connectivity index (χ4n) is 3.44. The summed E-state index contributed by atoms with van der Waals surface area (Å²) in [5.41, 5.74) is 1.58. The average molecular weight is 448 g/mol. The van der Waals surface area contributed by atoms with Crippen LogP contribution in [-0.2, 0) is 43.4 Å². The Bertz CT molecular complexity index is 1380. The summed E-state index contributed by atoms with van der Waals surface area (Å²) in [6.45, 7) is 0.836. The molecule has 2 aromatic carbocycles. The maximum Gasteiger partial charge on any atom is 0.332 e. The van der Waals surface area contributed by atoms with E-state index in [-0.39, 0.29) is 30.7 Å². The Balaban J connectivity index is 1.30. The molecular formula is C24H24N4O5. The van der Waals surface area contributed by atoms with Crippen LogP contribution in [0.2, 0.25) is 0 Å². The minimum atomic E-state index is -0.450. The van der Waals surface area contributed by atoms with E-state index < -0.39 is 17.2 Å². The van der Waals surface area contributed by atoms with Gasteiger partial charge in [-0.25, -0.2) is 9.78 Å². The predicted molar refractivity (Wildman–Crippen MR) is 122 cm³/mol. The van der Waals surface area contributed by atoms with Crippen molar-refractivity contribution in [2.24, 2.45) is 14.1 Å². The van der Waals surface area contributed by atoms with E-state index in [1.54, 1.807) is 11.6 Å². The molecule has 0 spiro atoms. The van der Waals surface area contributed by atoms with Crippen molar-refractivity contribution >= 4 is 17.1 Å². The minimum absolute atomic E-state index is 0.0652. The van der Waals surface area contributed by atoms with E-state index in [9.17, 15) is 14.4 Å². The largest absolute Gasteiger partial charge is 0.489 e. The van der Waals surface area contributed by atoms with Crippen molar-refractivity contribution in [3.63, 3.8) is 0 Å². The van der Waals surface area contributed by atoms with Crippen molar-refractivity contribution < 1.29 is 14.3 Å². The molecule has 4 rings (SSSR count).